The van der Waals surface area contributed by atoms with Crippen LogP contribution in [0.5, 0.6) is 0 Å². The molecule has 0 aliphatic heterocycles. The summed E-state index contributed by atoms with van der Waals surface area (Å²) in [5, 5.41) is 21.1. The van der Waals surface area contributed by atoms with E-state index in [0.717, 1.165) is 24.1 Å². The normalized spacial score (nSPS) is 14.9. The van der Waals surface area contributed by atoms with Crippen molar-refractivity contribution < 1.29 is 27.9 Å². The first-order chi connectivity index (χ1) is 16.8. The van der Waals surface area contributed by atoms with Gasteiger partial charge in [-0.2, -0.15) is 13.2 Å². The van der Waals surface area contributed by atoms with Crippen LogP contribution >= 0.6 is 0 Å². The average Bonchev–Trinajstić information content (AvgIpc) is 3.56. The molecule has 1 unspecified atom stereocenters. The van der Waals surface area contributed by atoms with Crippen molar-refractivity contribution in [2.75, 3.05) is 25.0 Å². The van der Waals surface area contributed by atoms with Gasteiger partial charge in [0.25, 0.3) is 0 Å². The summed E-state index contributed by atoms with van der Waals surface area (Å²) >= 11 is 0. The van der Waals surface area contributed by atoms with E-state index in [1.165, 1.54) is 6.21 Å². The van der Waals surface area contributed by atoms with Gasteiger partial charge in [-0.1, -0.05) is 17.3 Å². The number of pyridine rings is 1. The third kappa shape index (κ3) is 7.42. The number of halogens is 3. The number of rotatable bonds is 10. The lowest BCUT2D eigenvalue weighted by Crippen LogP contribution is -2.36. The molecule has 2 heterocycles. The number of aliphatic hydroxyl groups is 1. The molecule has 35 heavy (non-hydrogen) atoms. The second-order valence-electron chi connectivity index (χ2n) is 8.20. The van der Waals surface area contributed by atoms with Gasteiger partial charge in [0.05, 0.1) is 18.1 Å². The molecule has 1 fully saturated rings. The summed E-state index contributed by atoms with van der Waals surface area (Å²) in [6.07, 6.45) is 2.15. The number of hydrogen-bond acceptors (Lipinski definition) is 6. The lowest BCUT2D eigenvalue weighted by atomic mass is 10.1. The van der Waals surface area contributed by atoms with Crippen molar-refractivity contribution in [1.29, 1.82) is 0 Å². The van der Waals surface area contributed by atoms with E-state index in [1.807, 2.05) is 10.5 Å². The van der Waals surface area contributed by atoms with Gasteiger partial charge in [-0.15, -0.1) is 0 Å². The summed E-state index contributed by atoms with van der Waals surface area (Å²) in [5.74, 6) is 0. The van der Waals surface area contributed by atoms with Crippen LogP contribution in [0.15, 0.2) is 53.9 Å². The van der Waals surface area contributed by atoms with Gasteiger partial charge in [0.1, 0.15) is 24.9 Å². The van der Waals surface area contributed by atoms with Crippen molar-refractivity contribution in [1.82, 2.24) is 20.0 Å². The molecule has 1 aliphatic rings. The van der Waals surface area contributed by atoms with Crippen molar-refractivity contribution in [3.63, 3.8) is 0 Å². The number of nitrogens with zero attached hydrogens (tertiary/aromatic N) is 3. The van der Waals surface area contributed by atoms with Gasteiger partial charge in [0.15, 0.2) is 0 Å². The lowest BCUT2D eigenvalue weighted by Gasteiger charge is -2.11. The SMILES string of the molecule is O=C(NCC(F)(F)F)Nc1cccc(-c2cnc3cc(/C=N/OCC(O)CNC4CC4)ccn23)c1. The number of alkyl halides is 3. The highest BCUT2D eigenvalue weighted by molar-refractivity contribution is 5.90. The van der Waals surface area contributed by atoms with Gasteiger partial charge >= 0.3 is 12.2 Å². The number of carbonyl (C=O) groups is 1. The Balaban J connectivity index is 1.36. The third-order valence-corrected chi connectivity index (χ3v) is 5.17. The second-order valence-corrected chi connectivity index (χ2v) is 8.20. The number of carbonyl (C=O) groups excluding carboxylic acids is 1. The molecule has 0 spiro atoms. The average molecular weight is 490 g/mol. The first kappa shape index (κ1) is 24.5. The number of aromatic nitrogens is 2. The van der Waals surface area contributed by atoms with Crippen LogP contribution in [0, 0.1) is 0 Å². The van der Waals surface area contributed by atoms with Gasteiger partial charge in [-0.05, 0) is 37.1 Å². The fourth-order valence-corrected chi connectivity index (χ4v) is 3.28. The molecule has 0 saturated heterocycles. The Morgan fingerprint density at radius 3 is 2.91 bits per heavy atom. The maximum absolute atomic E-state index is 12.3. The number of nitrogens with one attached hydrogen (secondary N) is 3. The summed E-state index contributed by atoms with van der Waals surface area (Å²) in [6.45, 7) is -0.858. The highest BCUT2D eigenvalue weighted by atomic mass is 19.4. The number of imidazole rings is 1. The smallest absolute Gasteiger partial charge is 0.393 e. The van der Waals surface area contributed by atoms with Crippen molar-refractivity contribution in [3.8, 4) is 11.3 Å². The van der Waals surface area contributed by atoms with E-state index in [4.69, 9.17) is 4.84 Å². The molecular weight excluding hydrogens is 465 g/mol. The molecule has 0 bridgehead atoms. The van der Waals surface area contributed by atoms with Crippen molar-refractivity contribution >= 4 is 23.6 Å². The fraction of sp³-hybridized carbons (Fsp3) is 0.348. The van der Waals surface area contributed by atoms with Gasteiger partial charge in [0, 0.05) is 35.6 Å². The topological polar surface area (TPSA) is 112 Å². The Labute approximate surface area is 199 Å². The maximum atomic E-state index is 12.3. The molecule has 0 radical (unpaired) electrons. The van der Waals surface area contributed by atoms with Crippen molar-refractivity contribution in [3.05, 3.63) is 54.4 Å². The van der Waals surface area contributed by atoms with Crippen LogP contribution in [-0.4, -0.2) is 64.8 Å². The highest BCUT2D eigenvalue weighted by Gasteiger charge is 2.27. The number of fused-ring (bicyclic) bond motifs is 1. The van der Waals surface area contributed by atoms with Gasteiger partial charge < -0.3 is 25.9 Å². The quantitative estimate of drug-likeness (QED) is 0.258. The molecule has 4 N–H and O–H groups in total. The fourth-order valence-electron chi connectivity index (χ4n) is 3.28. The molecule has 1 atom stereocenters. The summed E-state index contributed by atoms with van der Waals surface area (Å²) in [6, 6.07) is 9.88. The molecule has 186 valence electrons. The number of oxime groups is 1. The predicted octanol–water partition coefficient (Wildman–Crippen LogP) is 3.15. The van der Waals surface area contributed by atoms with Crippen LogP contribution in [0.25, 0.3) is 16.9 Å². The minimum absolute atomic E-state index is 0.0879. The van der Waals surface area contributed by atoms with E-state index >= 15 is 0 Å². The number of anilines is 1. The molecule has 12 heteroatoms. The summed E-state index contributed by atoms with van der Waals surface area (Å²) in [4.78, 5) is 21.3. The van der Waals surface area contributed by atoms with Crippen molar-refractivity contribution in [2.45, 2.75) is 31.2 Å². The number of aliphatic hydroxyl groups excluding tert-OH is 1. The van der Waals surface area contributed by atoms with Crippen LogP contribution in [-0.2, 0) is 4.84 Å². The van der Waals surface area contributed by atoms with E-state index in [1.54, 1.807) is 48.0 Å². The molecule has 2 amide bonds. The number of hydrogen-bond donors (Lipinski definition) is 4. The van der Waals surface area contributed by atoms with E-state index < -0.39 is 24.9 Å². The molecule has 1 saturated carbocycles. The molecule has 4 rings (SSSR count). The van der Waals surface area contributed by atoms with Crippen LogP contribution in [0.3, 0.4) is 0 Å². The molecule has 1 aromatic carbocycles. The molecule has 2 aromatic heterocycles. The molecule has 3 aromatic rings. The summed E-state index contributed by atoms with van der Waals surface area (Å²) < 4.78 is 38.7. The number of amides is 2. The number of urea groups is 1. The monoisotopic (exact) mass is 490 g/mol. The van der Waals surface area contributed by atoms with E-state index in [-0.39, 0.29) is 6.61 Å². The van der Waals surface area contributed by atoms with E-state index in [9.17, 15) is 23.1 Å². The zero-order valence-electron chi connectivity index (χ0n) is 18.6. The molecular formula is C23H25F3N6O3. The minimum atomic E-state index is -4.49. The van der Waals surface area contributed by atoms with Crippen LogP contribution in [0.1, 0.15) is 18.4 Å². The number of benzene rings is 1. The minimum Gasteiger partial charge on any atom is -0.393 e. The van der Waals surface area contributed by atoms with E-state index in [2.05, 4.69) is 20.8 Å². The Morgan fingerprint density at radius 2 is 2.14 bits per heavy atom. The Kier molecular flexibility index (Phi) is 7.51. The molecule has 9 nitrogen and oxygen atoms in total. The van der Waals surface area contributed by atoms with E-state index in [0.29, 0.717) is 29.5 Å². The highest BCUT2D eigenvalue weighted by Crippen LogP contribution is 2.24. The van der Waals surface area contributed by atoms with Crippen LogP contribution < -0.4 is 16.0 Å². The van der Waals surface area contributed by atoms with Crippen LogP contribution in [0.2, 0.25) is 0 Å². The zero-order valence-corrected chi connectivity index (χ0v) is 18.6. The predicted molar refractivity (Wildman–Crippen MR) is 124 cm³/mol. The maximum Gasteiger partial charge on any atom is 0.405 e. The first-order valence-corrected chi connectivity index (χ1v) is 11.0. The largest absolute Gasteiger partial charge is 0.405 e. The van der Waals surface area contributed by atoms with Gasteiger partial charge in [-0.25, -0.2) is 9.78 Å². The summed E-state index contributed by atoms with van der Waals surface area (Å²) in [5.41, 5.74) is 3.17. The van der Waals surface area contributed by atoms with Gasteiger partial charge in [0.2, 0.25) is 0 Å². The Hall–Kier alpha value is -3.64. The lowest BCUT2D eigenvalue weighted by molar-refractivity contribution is -0.122. The van der Waals surface area contributed by atoms with Crippen LogP contribution in [0.4, 0.5) is 23.7 Å². The van der Waals surface area contributed by atoms with Gasteiger partial charge in [-0.3, -0.25) is 4.40 Å². The summed E-state index contributed by atoms with van der Waals surface area (Å²) in [7, 11) is 0. The standard InChI is InChI=1S/C23H25F3N6O3/c24-23(25,26)14-29-22(34)31-18-3-1-2-16(9-18)20-12-28-21-8-15(6-7-32(20)21)10-30-35-13-19(33)11-27-17-4-5-17/h1-3,6-10,12,17,19,27,33H,4-5,11,13-14H2,(H2,29,31,34)/b30-10+. The third-order valence-electron chi connectivity index (χ3n) is 5.17. The second kappa shape index (κ2) is 10.7. The van der Waals surface area contributed by atoms with Crippen molar-refractivity contribution in [2.24, 2.45) is 5.16 Å². The Morgan fingerprint density at radius 1 is 1.31 bits per heavy atom. The Bertz CT molecular complexity index is 1190. The molecule has 1 aliphatic carbocycles. The first-order valence-electron chi connectivity index (χ1n) is 11.0. The zero-order chi connectivity index (χ0) is 24.8.